The molecule has 0 aromatic carbocycles. The van der Waals surface area contributed by atoms with Gasteiger partial charge in [0.1, 0.15) is 12.0 Å². The topological polar surface area (TPSA) is 63.2 Å². The molecule has 2 aromatic rings. The van der Waals surface area contributed by atoms with Crippen LogP contribution in [0.15, 0.2) is 75.4 Å². The van der Waals surface area contributed by atoms with Crippen LogP contribution in [-0.2, 0) is 0 Å². The van der Waals surface area contributed by atoms with Gasteiger partial charge in [-0.1, -0.05) is 59.1 Å². The van der Waals surface area contributed by atoms with Crippen molar-refractivity contribution >= 4 is 11.5 Å². The third kappa shape index (κ3) is 6.88. The van der Waals surface area contributed by atoms with Crippen LogP contribution in [0, 0.1) is 0 Å². The van der Waals surface area contributed by atoms with E-state index in [1.165, 1.54) is 12.7 Å². The summed E-state index contributed by atoms with van der Waals surface area (Å²) in [5, 5.41) is 6.54. The molecule has 6 nitrogen and oxygen atoms in total. The molecule has 1 aliphatic carbocycles. The third-order valence-corrected chi connectivity index (χ3v) is 4.78. The number of hydrogen-bond acceptors (Lipinski definition) is 5. The highest BCUT2D eigenvalue weighted by Gasteiger charge is 2.36. The van der Waals surface area contributed by atoms with Crippen molar-refractivity contribution in [2.75, 3.05) is 0 Å². The van der Waals surface area contributed by atoms with E-state index in [0.29, 0.717) is 34.5 Å². The van der Waals surface area contributed by atoms with Crippen LogP contribution in [0.25, 0.3) is 0 Å². The summed E-state index contributed by atoms with van der Waals surface area (Å²) in [4.78, 5) is 8.16. The molecule has 0 unspecified atom stereocenters. The van der Waals surface area contributed by atoms with Gasteiger partial charge in [-0.05, 0) is 32.4 Å². The molecule has 3 heterocycles. The molecule has 0 saturated heterocycles. The number of halogens is 1. The summed E-state index contributed by atoms with van der Waals surface area (Å²) >= 11 is 0. The van der Waals surface area contributed by atoms with Crippen molar-refractivity contribution < 1.29 is 13.5 Å². The molecule has 0 N–H and O–H groups in total. The minimum absolute atomic E-state index is 0.199. The minimum Gasteiger partial charge on any atom is -0.459 e. The Morgan fingerprint density at radius 3 is 2.58 bits per heavy atom. The number of amidine groups is 1. The van der Waals surface area contributed by atoms with E-state index < -0.39 is 5.95 Å². The van der Waals surface area contributed by atoms with Gasteiger partial charge in [0, 0.05) is 23.9 Å². The van der Waals surface area contributed by atoms with Gasteiger partial charge in [-0.15, -0.1) is 0 Å². The average Bonchev–Trinajstić information content (AvgIpc) is 3.56. The maximum atomic E-state index is 13.6. The van der Waals surface area contributed by atoms with Crippen molar-refractivity contribution in [3.05, 3.63) is 66.7 Å². The van der Waals surface area contributed by atoms with Crippen molar-refractivity contribution in [2.24, 2.45) is 10.1 Å². The molecule has 0 bridgehead atoms. The number of pyridine rings is 1. The number of nitrogens with zero attached hydrogens (tertiary/aromatic N) is 4. The van der Waals surface area contributed by atoms with Crippen LogP contribution in [0.3, 0.4) is 0 Å². The van der Waals surface area contributed by atoms with E-state index >= 15 is 0 Å². The summed E-state index contributed by atoms with van der Waals surface area (Å²) in [6.07, 6.45) is 10.5. The van der Waals surface area contributed by atoms with Gasteiger partial charge < -0.3 is 9.15 Å². The number of ether oxygens (including phenoxy) is 1. The van der Waals surface area contributed by atoms with E-state index in [1.807, 2.05) is 44.0 Å². The van der Waals surface area contributed by atoms with Crippen LogP contribution < -0.4 is 4.74 Å². The van der Waals surface area contributed by atoms with Gasteiger partial charge in [0.05, 0.1) is 6.04 Å². The van der Waals surface area contributed by atoms with Crippen molar-refractivity contribution in [3.63, 3.8) is 0 Å². The summed E-state index contributed by atoms with van der Waals surface area (Å²) in [5.74, 6) is 1.24. The molecule has 33 heavy (non-hydrogen) atoms. The summed E-state index contributed by atoms with van der Waals surface area (Å²) in [6.45, 7) is 13.4. The Balaban J connectivity index is 0.000000714. The minimum atomic E-state index is -0.743. The molecule has 1 fully saturated rings. The number of aliphatic imine (C=N–C) groups is 1. The average molecular weight is 455 g/mol. The Morgan fingerprint density at radius 1 is 1.30 bits per heavy atom. The maximum Gasteiger partial charge on any atom is 0.219 e. The number of hydrogen-bond donors (Lipinski definition) is 0. The largest absolute Gasteiger partial charge is 0.459 e. The lowest BCUT2D eigenvalue weighted by Crippen LogP contribution is -2.31. The van der Waals surface area contributed by atoms with Gasteiger partial charge >= 0.3 is 0 Å². The molecular weight excluding hydrogens is 419 g/mol. The lowest BCUT2D eigenvalue weighted by atomic mass is 10.1. The molecule has 1 aliphatic heterocycles. The van der Waals surface area contributed by atoms with Crippen molar-refractivity contribution in [2.45, 2.75) is 72.8 Å². The first-order valence-corrected chi connectivity index (χ1v) is 11.7. The first kappa shape index (κ1) is 26.0. The summed E-state index contributed by atoms with van der Waals surface area (Å²) in [5.41, 5.74) is 1.31. The highest BCUT2D eigenvalue weighted by Crippen LogP contribution is 2.33. The predicted octanol–water partition coefficient (Wildman–Crippen LogP) is 7.66. The standard InChI is InChI=1S/C21H21FN4O2.C3H8.C2H6/c1-3-17-20(18-12-16(13-27-18)28-19-10-6-7-11-23-19)25-26(15-8-4-5-9-15)21(17)24-14(2)22;1-3-2;1-2/h3,6-7,10-13,15H,2,4-5,8-9H2,1H3;3H2,1-2H3;1-2H3/b17-3-,24-21+;;. The smallest absolute Gasteiger partial charge is 0.219 e. The predicted molar refractivity (Wildman–Crippen MR) is 132 cm³/mol. The van der Waals surface area contributed by atoms with Crippen LogP contribution >= 0.6 is 0 Å². The van der Waals surface area contributed by atoms with Crippen molar-refractivity contribution in [1.82, 2.24) is 9.99 Å². The third-order valence-electron chi connectivity index (χ3n) is 4.78. The fourth-order valence-electron chi connectivity index (χ4n) is 3.54. The second-order valence-electron chi connectivity index (χ2n) is 7.37. The Hall–Kier alpha value is -3.22. The number of allylic oxidation sites excluding steroid dienone is 1. The van der Waals surface area contributed by atoms with Gasteiger partial charge in [0.25, 0.3) is 0 Å². The summed E-state index contributed by atoms with van der Waals surface area (Å²) in [7, 11) is 0. The van der Waals surface area contributed by atoms with Gasteiger partial charge in [-0.3, -0.25) is 0 Å². The van der Waals surface area contributed by atoms with E-state index in [-0.39, 0.29) is 6.04 Å². The normalized spacial score (nSPS) is 17.9. The zero-order valence-electron chi connectivity index (χ0n) is 20.3. The number of aromatic nitrogens is 1. The number of hydrazone groups is 1. The van der Waals surface area contributed by atoms with Crippen LogP contribution in [0.4, 0.5) is 4.39 Å². The molecule has 0 atom stereocenters. The molecule has 0 amide bonds. The highest BCUT2D eigenvalue weighted by molar-refractivity contribution is 6.31. The molecule has 1 saturated carbocycles. The zero-order valence-corrected chi connectivity index (χ0v) is 20.3. The van der Waals surface area contributed by atoms with Crippen LogP contribution in [-0.4, -0.2) is 27.6 Å². The molecule has 2 aromatic heterocycles. The lowest BCUT2D eigenvalue weighted by Gasteiger charge is -2.22. The molecule has 0 radical (unpaired) electrons. The van der Waals surface area contributed by atoms with Gasteiger partial charge in [0.15, 0.2) is 17.3 Å². The van der Waals surface area contributed by atoms with E-state index in [9.17, 15) is 4.39 Å². The lowest BCUT2D eigenvalue weighted by molar-refractivity contribution is 0.335. The van der Waals surface area contributed by atoms with Gasteiger partial charge in [0.2, 0.25) is 11.8 Å². The highest BCUT2D eigenvalue weighted by atomic mass is 19.1. The molecule has 0 spiro atoms. The SMILES string of the molecule is C=C(F)/N=C1\C(=C/C)C(c2cc(Oc3ccccn3)co2)=NN1C1CCCC1.CC.CCC. The Kier molecular flexibility index (Phi) is 10.5. The second kappa shape index (κ2) is 13.4. The van der Waals surface area contributed by atoms with E-state index in [4.69, 9.17) is 14.3 Å². The number of rotatable bonds is 5. The van der Waals surface area contributed by atoms with Gasteiger partial charge in [-0.25, -0.2) is 15.0 Å². The molecule has 7 heteroatoms. The Bertz CT molecular complexity index is 973. The Morgan fingerprint density at radius 2 is 2.00 bits per heavy atom. The second-order valence-corrected chi connectivity index (χ2v) is 7.37. The number of furan rings is 1. The Labute approximate surface area is 196 Å². The first-order chi connectivity index (χ1) is 16.1. The summed E-state index contributed by atoms with van der Waals surface area (Å²) in [6, 6.07) is 7.36. The summed E-state index contributed by atoms with van der Waals surface area (Å²) < 4.78 is 25.0. The monoisotopic (exact) mass is 454 g/mol. The molecular formula is C26H35FN4O2. The molecule has 4 rings (SSSR count). The van der Waals surface area contributed by atoms with Crippen LogP contribution in [0.2, 0.25) is 0 Å². The molecule has 2 aliphatic rings. The first-order valence-electron chi connectivity index (χ1n) is 11.7. The van der Waals surface area contributed by atoms with Crippen molar-refractivity contribution in [3.8, 4) is 11.6 Å². The van der Waals surface area contributed by atoms with Gasteiger partial charge in [-0.2, -0.15) is 9.49 Å². The van der Waals surface area contributed by atoms with Crippen LogP contribution in [0.1, 0.15) is 72.5 Å². The van der Waals surface area contributed by atoms with E-state index in [1.54, 1.807) is 18.3 Å². The quantitative estimate of drug-likeness (QED) is 0.435. The maximum absolute atomic E-state index is 13.6. The zero-order chi connectivity index (χ0) is 24.2. The van der Waals surface area contributed by atoms with E-state index in [0.717, 1.165) is 25.7 Å². The fraction of sp³-hybridized carbons (Fsp3) is 0.423. The van der Waals surface area contributed by atoms with Crippen LogP contribution in [0.5, 0.6) is 11.6 Å². The fourth-order valence-corrected chi connectivity index (χ4v) is 3.54. The molecule has 178 valence electrons. The van der Waals surface area contributed by atoms with Crippen molar-refractivity contribution in [1.29, 1.82) is 0 Å². The van der Waals surface area contributed by atoms with E-state index in [2.05, 4.69) is 30.4 Å².